The molecule has 0 aliphatic heterocycles. The maximum absolute atomic E-state index is 12.5. The third-order valence-electron chi connectivity index (χ3n) is 7.00. The molecule has 0 spiro atoms. The van der Waals surface area contributed by atoms with E-state index in [0.29, 0.717) is 16.9 Å². The Hall–Kier alpha value is -2.12. The Morgan fingerprint density at radius 1 is 1.04 bits per heavy atom. The molecule has 4 heteroatoms. The van der Waals surface area contributed by atoms with Gasteiger partial charge in [-0.15, -0.1) is 0 Å². The molecule has 0 radical (unpaired) electrons. The molecule has 4 fully saturated rings. The maximum atomic E-state index is 12.5. The van der Waals surface area contributed by atoms with Crippen molar-refractivity contribution in [2.75, 3.05) is 5.75 Å². The predicted octanol–water partition coefficient (Wildman–Crippen LogP) is 5.40. The van der Waals surface area contributed by atoms with Gasteiger partial charge in [0, 0.05) is 16.7 Å². The molecule has 28 heavy (non-hydrogen) atoms. The van der Waals surface area contributed by atoms with Crippen LogP contribution >= 0.6 is 11.8 Å². The van der Waals surface area contributed by atoms with Gasteiger partial charge in [-0.05, 0) is 68.4 Å². The van der Waals surface area contributed by atoms with Crippen LogP contribution in [0.1, 0.15) is 60.1 Å². The SMILES string of the molecule is N#Cc1ccc(C23CC4CC(CC(C4)C2)C3)nc1SCC(=O)c1ccccc1. The van der Waals surface area contributed by atoms with Crippen molar-refractivity contribution < 1.29 is 4.79 Å². The molecule has 1 aromatic carbocycles. The van der Waals surface area contributed by atoms with Gasteiger partial charge < -0.3 is 0 Å². The molecule has 1 heterocycles. The van der Waals surface area contributed by atoms with Gasteiger partial charge in [0.05, 0.1) is 11.3 Å². The van der Waals surface area contributed by atoms with Crippen LogP contribution in [0.2, 0.25) is 0 Å². The van der Waals surface area contributed by atoms with Crippen molar-refractivity contribution in [3.8, 4) is 6.07 Å². The molecule has 4 saturated carbocycles. The smallest absolute Gasteiger partial charge is 0.173 e. The third-order valence-corrected chi connectivity index (χ3v) is 7.99. The minimum atomic E-state index is 0.0801. The predicted molar refractivity (Wildman–Crippen MR) is 110 cm³/mol. The van der Waals surface area contributed by atoms with Crippen LogP contribution in [0.25, 0.3) is 0 Å². The molecule has 4 aliphatic carbocycles. The second kappa shape index (κ2) is 7.04. The number of thioether (sulfide) groups is 1. The van der Waals surface area contributed by atoms with E-state index in [1.54, 1.807) is 0 Å². The van der Waals surface area contributed by atoms with Crippen LogP contribution in [0, 0.1) is 29.1 Å². The molecule has 0 atom stereocenters. The Kier molecular flexibility index (Phi) is 4.51. The van der Waals surface area contributed by atoms with Gasteiger partial charge in [0.25, 0.3) is 0 Å². The summed E-state index contributed by atoms with van der Waals surface area (Å²) in [5.74, 6) is 2.98. The molecule has 4 bridgehead atoms. The number of nitrogens with zero attached hydrogens (tertiary/aromatic N) is 2. The summed E-state index contributed by atoms with van der Waals surface area (Å²) >= 11 is 1.41. The van der Waals surface area contributed by atoms with Crippen molar-refractivity contribution in [1.29, 1.82) is 5.26 Å². The maximum Gasteiger partial charge on any atom is 0.173 e. The van der Waals surface area contributed by atoms with Crippen LogP contribution in [0.5, 0.6) is 0 Å². The summed E-state index contributed by atoms with van der Waals surface area (Å²) in [5, 5.41) is 10.3. The number of rotatable bonds is 5. The average Bonchev–Trinajstić information content (AvgIpc) is 2.71. The highest BCUT2D eigenvalue weighted by molar-refractivity contribution is 8.00. The van der Waals surface area contributed by atoms with E-state index in [1.165, 1.54) is 56.0 Å². The Morgan fingerprint density at radius 3 is 2.29 bits per heavy atom. The van der Waals surface area contributed by atoms with E-state index in [1.807, 2.05) is 36.4 Å². The molecular formula is C24H24N2OS. The largest absolute Gasteiger partial charge is 0.293 e. The average molecular weight is 389 g/mol. The van der Waals surface area contributed by atoms with Crippen LogP contribution in [0.3, 0.4) is 0 Å². The summed E-state index contributed by atoms with van der Waals surface area (Å²) in [6.45, 7) is 0. The van der Waals surface area contributed by atoms with Crippen molar-refractivity contribution >= 4 is 17.5 Å². The normalized spacial score (nSPS) is 30.2. The Bertz CT molecular complexity index is 912. The Balaban J connectivity index is 1.40. The molecule has 0 unspecified atom stereocenters. The lowest BCUT2D eigenvalue weighted by Gasteiger charge is -2.56. The van der Waals surface area contributed by atoms with E-state index in [2.05, 4.69) is 12.1 Å². The van der Waals surface area contributed by atoms with E-state index in [0.717, 1.165) is 22.8 Å². The first-order valence-electron chi connectivity index (χ1n) is 10.3. The minimum absolute atomic E-state index is 0.0801. The zero-order valence-electron chi connectivity index (χ0n) is 15.9. The van der Waals surface area contributed by atoms with Crippen LogP contribution in [0.4, 0.5) is 0 Å². The highest BCUT2D eigenvalue weighted by Gasteiger charge is 2.52. The highest BCUT2D eigenvalue weighted by Crippen LogP contribution is 2.60. The number of benzene rings is 1. The van der Waals surface area contributed by atoms with E-state index in [-0.39, 0.29) is 11.2 Å². The number of carbonyl (C=O) groups is 1. The van der Waals surface area contributed by atoms with Gasteiger partial charge in [0.1, 0.15) is 11.1 Å². The van der Waals surface area contributed by atoms with E-state index >= 15 is 0 Å². The number of nitriles is 1. The summed E-state index contributed by atoms with van der Waals surface area (Å²) in [6.07, 6.45) is 7.98. The molecule has 0 amide bonds. The minimum Gasteiger partial charge on any atom is -0.293 e. The number of hydrogen-bond acceptors (Lipinski definition) is 4. The summed E-state index contributed by atoms with van der Waals surface area (Å²) in [5.41, 5.74) is 2.67. The summed E-state index contributed by atoms with van der Waals surface area (Å²) in [7, 11) is 0. The molecule has 4 aliphatic rings. The second-order valence-electron chi connectivity index (χ2n) is 8.94. The lowest BCUT2D eigenvalue weighted by atomic mass is 9.49. The fourth-order valence-electron chi connectivity index (χ4n) is 6.20. The lowest BCUT2D eigenvalue weighted by molar-refractivity contribution is -0.00744. The van der Waals surface area contributed by atoms with Crippen LogP contribution in [0.15, 0.2) is 47.5 Å². The van der Waals surface area contributed by atoms with Crippen molar-refractivity contribution in [3.05, 3.63) is 59.3 Å². The first-order chi connectivity index (χ1) is 13.6. The van der Waals surface area contributed by atoms with Gasteiger partial charge in [-0.3, -0.25) is 4.79 Å². The van der Waals surface area contributed by atoms with Crippen LogP contribution in [-0.2, 0) is 5.41 Å². The fourth-order valence-corrected chi connectivity index (χ4v) is 7.06. The van der Waals surface area contributed by atoms with Gasteiger partial charge >= 0.3 is 0 Å². The highest BCUT2D eigenvalue weighted by atomic mass is 32.2. The Morgan fingerprint density at radius 2 is 1.68 bits per heavy atom. The van der Waals surface area contributed by atoms with Crippen LogP contribution < -0.4 is 0 Å². The quantitative estimate of drug-likeness (QED) is 0.508. The number of Topliss-reactive ketones (excluding diaryl/α,β-unsaturated/α-hetero) is 1. The number of aromatic nitrogens is 1. The summed E-state index contributed by atoms with van der Waals surface area (Å²) in [6, 6.07) is 15.6. The summed E-state index contributed by atoms with van der Waals surface area (Å²) < 4.78 is 0. The van der Waals surface area contributed by atoms with Gasteiger partial charge in [0.2, 0.25) is 0 Å². The van der Waals surface area contributed by atoms with Crippen molar-refractivity contribution in [3.63, 3.8) is 0 Å². The summed E-state index contributed by atoms with van der Waals surface area (Å²) in [4.78, 5) is 17.5. The standard InChI is InChI=1S/C24H24N2OS/c25-14-20-6-7-22(24-11-16-8-17(12-24)10-18(9-16)13-24)26-23(20)28-15-21(27)19-4-2-1-3-5-19/h1-7,16-18H,8-13,15H2. The Labute approximate surface area is 170 Å². The molecule has 1 aromatic heterocycles. The van der Waals surface area contributed by atoms with Gasteiger partial charge in [-0.25, -0.2) is 4.98 Å². The molecule has 3 nitrogen and oxygen atoms in total. The number of carbonyl (C=O) groups excluding carboxylic acids is 1. The topological polar surface area (TPSA) is 53.8 Å². The molecular weight excluding hydrogens is 364 g/mol. The lowest BCUT2D eigenvalue weighted by Crippen LogP contribution is -2.49. The number of ketones is 1. The molecule has 142 valence electrons. The van der Waals surface area contributed by atoms with Crippen molar-refractivity contribution in [2.24, 2.45) is 17.8 Å². The first-order valence-corrected chi connectivity index (χ1v) is 11.3. The van der Waals surface area contributed by atoms with Crippen molar-refractivity contribution in [1.82, 2.24) is 4.98 Å². The second-order valence-corrected chi connectivity index (χ2v) is 9.90. The van der Waals surface area contributed by atoms with E-state index < -0.39 is 0 Å². The van der Waals surface area contributed by atoms with Gasteiger partial charge in [-0.1, -0.05) is 42.1 Å². The zero-order chi connectivity index (χ0) is 19.1. The van der Waals surface area contributed by atoms with Gasteiger partial charge in [-0.2, -0.15) is 5.26 Å². The van der Waals surface area contributed by atoms with Gasteiger partial charge in [0.15, 0.2) is 5.78 Å². The number of hydrogen-bond donors (Lipinski definition) is 0. The molecule has 0 N–H and O–H groups in total. The zero-order valence-corrected chi connectivity index (χ0v) is 16.8. The third kappa shape index (κ3) is 3.16. The van der Waals surface area contributed by atoms with Crippen molar-refractivity contribution in [2.45, 2.75) is 49.0 Å². The molecule has 2 aromatic rings. The van der Waals surface area contributed by atoms with E-state index in [4.69, 9.17) is 4.98 Å². The number of pyridine rings is 1. The fraction of sp³-hybridized carbons (Fsp3) is 0.458. The first kappa shape index (κ1) is 17.9. The van der Waals surface area contributed by atoms with E-state index in [9.17, 15) is 10.1 Å². The molecule has 6 rings (SSSR count). The van der Waals surface area contributed by atoms with Crippen LogP contribution in [-0.4, -0.2) is 16.5 Å². The monoisotopic (exact) mass is 388 g/mol. The molecule has 0 saturated heterocycles.